The predicted octanol–water partition coefficient (Wildman–Crippen LogP) is 4.52. The van der Waals surface area contributed by atoms with E-state index < -0.39 is 36.6 Å². The van der Waals surface area contributed by atoms with E-state index in [-0.39, 0.29) is 12.5 Å². The van der Waals surface area contributed by atoms with Crippen molar-refractivity contribution in [3.63, 3.8) is 0 Å². The summed E-state index contributed by atoms with van der Waals surface area (Å²) in [5, 5.41) is 22.3. The Labute approximate surface area is 219 Å². The molecule has 6 heteroatoms. The Kier molecular flexibility index (Phi) is 10.3. The highest BCUT2D eigenvalue weighted by atomic mass is 16.6. The third-order valence-corrected chi connectivity index (χ3v) is 6.68. The second kappa shape index (κ2) is 13.8. The Morgan fingerprint density at radius 3 is 1.65 bits per heavy atom. The molecule has 0 aromatic heterocycles. The maximum absolute atomic E-state index is 11.4. The number of benzene rings is 3. The van der Waals surface area contributed by atoms with E-state index in [4.69, 9.17) is 18.9 Å². The van der Waals surface area contributed by atoms with Gasteiger partial charge in [0.1, 0.15) is 30.5 Å². The van der Waals surface area contributed by atoms with Gasteiger partial charge in [-0.2, -0.15) is 0 Å². The van der Waals surface area contributed by atoms with Crippen LogP contribution >= 0.6 is 0 Å². The van der Waals surface area contributed by atoms with Crippen LogP contribution < -0.4 is 0 Å². The summed E-state index contributed by atoms with van der Waals surface area (Å²) in [5.74, 6) is -0.109. The second-order valence-corrected chi connectivity index (χ2v) is 9.89. The van der Waals surface area contributed by atoms with Gasteiger partial charge in [0.05, 0.1) is 32.5 Å². The fourth-order valence-electron chi connectivity index (χ4n) is 4.54. The van der Waals surface area contributed by atoms with Gasteiger partial charge in [-0.15, -0.1) is 0 Å². The third kappa shape index (κ3) is 7.71. The Morgan fingerprint density at radius 1 is 0.703 bits per heavy atom. The topological polar surface area (TPSA) is 77.4 Å². The lowest BCUT2D eigenvalue weighted by atomic mass is 9.88. The summed E-state index contributed by atoms with van der Waals surface area (Å²) in [6.07, 6.45) is -4.65. The molecule has 1 unspecified atom stereocenters. The lowest BCUT2D eigenvalue weighted by Gasteiger charge is -2.46. The number of hydrogen-bond acceptors (Lipinski definition) is 6. The molecule has 1 heterocycles. The van der Waals surface area contributed by atoms with E-state index >= 15 is 0 Å². The van der Waals surface area contributed by atoms with Gasteiger partial charge in [-0.25, -0.2) is 0 Å². The first-order valence-corrected chi connectivity index (χ1v) is 13.0. The molecule has 198 valence electrons. The molecular formula is C31H38O6. The van der Waals surface area contributed by atoms with E-state index in [9.17, 15) is 10.2 Å². The average molecular weight is 507 g/mol. The van der Waals surface area contributed by atoms with Crippen molar-refractivity contribution < 1.29 is 29.2 Å². The average Bonchev–Trinajstić information content (AvgIpc) is 2.93. The predicted molar refractivity (Wildman–Crippen MR) is 142 cm³/mol. The van der Waals surface area contributed by atoms with E-state index in [2.05, 4.69) is 0 Å². The normalized spacial score (nSPS) is 24.7. The SMILES string of the molecule is CC(C)C(O)[C@H]1O[C@H](COCc2ccccc2)[C@@H](OCc2ccccc2)[C@H](OCc2ccccc2)[C@H]1O. The van der Waals surface area contributed by atoms with Crippen LogP contribution in [0.3, 0.4) is 0 Å². The summed E-state index contributed by atoms with van der Waals surface area (Å²) in [6, 6.07) is 29.6. The zero-order valence-electron chi connectivity index (χ0n) is 21.6. The van der Waals surface area contributed by atoms with Crippen molar-refractivity contribution in [1.82, 2.24) is 0 Å². The zero-order valence-corrected chi connectivity index (χ0v) is 21.6. The van der Waals surface area contributed by atoms with Crippen LogP contribution in [0.1, 0.15) is 30.5 Å². The van der Waals surface area contributed by atoms with Crippen LogP contribution in [0.4, 0.5) is 0 Å². The molecule has 4 rings (SSSR count). The molecule has 0 aliphatic carbocycles. The summed E-state index contributed by atoms with van der Waals surface area (Å²) in [5.41, 5.74) is 3.05. The molecule has 1 saturated heterocycles. The summed E-state index contributed by atoms with van der Waals surface area (Å²) < 4.78 is 25.1. The van der Waals surface area contributed by atoms with Crippen molar-refractivity contribution in [1.29, 1.82) is 0 Å². The van der Waals surface area contributed by atoms with Crippen molar-refractivity contribution >= 4 is 0 Å². The Hall–Kier alpha value is -2.58. The number of hydrogen-bond donors (Lipinski definition) is 2. The van der Waals surface area contributed by atoms with E-state index in [1.807, 2.05) is 105 Å². The minimum Gasteiger partial charge on any atom is -0.390 e. The molecule has 0 bridgehead atoms. The van der Waals surface area contributed by atoms with E-state index in [0.29, 0.717) is 19.8 Å². The lowest BCUT2D eigenvalue weighted by molar-refractivity contribution is -0.278. The molecule has 1 fully saturated rings. The van der Waals surface area contributed by atoms with E-state index in [0.717, 1.165) is 16.7 Å². The quantitative estimate of drug-likeness (QED) is 0.376. The first-order valence-electron chi connectivity index (χ1n) is 13.0. The van der Waals surface area contributed by atoms with Gasteiger partial charge < -0.3 is 29.2 Å². The number of aliphatic hydroxyl groups excluding tert-OH is 2. The van der Waals surface area contributed by atoms with Gasteiger partial charge in [0, 0.05) is 0 Å². The standard InChI is InChI=1S/C31H38O6/c1-22(2)27(32)30-28(33)31(36-20-25-16-10-5-11-17-25)29(35-19-24-14-8-4-9-15-24)26(37-30)21-34-18-23-12-6-3-7-13-23/h3-17,22,26-33H,18-21H2,1-2H3/t26-,27?,28+,29-,30-,31-/m1/s1. The summed E-state index contributed by atoms with van der Waals surface area (Å²) in [6.45, 7) is 5.09. The molecule has 1 aliphatic rings. The number of rotatable bonds is 12. The Balaban J connectivity index is 1.55. The first-order chi connectivity index (χ1) is 18.0. The highest BCUT2D eigenvalue weighted by Gasteiger charge is 2.49. The minimum absolute atomic E-state index is 0.109. The largest absolute Gasteiger partial charge is 0.390 e. The van der Waals surface area contributed by atoms with Crippen LogP contribution in [-0.4, -0.2) is 53.4 Å². The highest BCUT2D eigenvalue weighted by Crippen LogP contribution is 2.31. The van der Waals surface area contributed by atoms with Gasteiger partial charge in [0.2, 0.25) is 0 Å². The van der Waals surface area contributed by atoms with Crippen molar-refractivity contribution in [3.8, 4) is 0 Å². The molecule has 3 aromatic carbocycles. The zero-order chi connectivity index (χ0) is 26.0. The monoisotopic (exact) mass is 506 g/mol. The van der Waals surface area contributed by atoms with Gasteiger partial charge in [0.15, 0.2) is 0 Å². The summed E-state index contributed by atoms with van der Waals surface area (Å²) in [7, 11) is 0. The summed E-state index contributed by atoms with van der Waals surface area (Å²) in [4.78, 5) is 0. The van der Waals surface area contributed by atoms with Crippen molar-refractivity contribution in [2.24, 2.45) is 5.92 Å². The fourth-order valence-corrected chi connectivity index (χ4v) is 4.54. The maximum atomic E-state index is 11.4. The second-order valence-electron chi connectivity index (χ2n) is 9.89. The molecule has 0 radical (unpaired) electrons. The fraction of sp³-hybridized carbons (Fsp3) is 0.419. The Morgan fingerprint density at radius 2 is 1.16 bits per heavy atom. The molecule has 6 nitrogen and oxygen atoms in total. The van der Waals surface area contributed by atoms with E-state index in [1.165, 1.54) is 0 Å². The molecule has 37 heavy (non-hydrogen) atoms. The van der Waals surface area contributed by atoms with Gasteiger partial charge in [-0.05, 0) is 22.6 Å². The summed E-state index contributed by atoms with van der Waals surface area (Å²) >= 11 is 0. The molecule has 1 aliphatic heterocycles. The molecule has 0 saturated carbocycles. The van der Waals surface area contributed by atoms with Crippen LogP contribution in [0.2, 0.25) is 0 Å². The molecule has 2 N–H and O–H groups in total. The van der Waals surface area contributed by atoms with Gasteiger partial charge >= 0.3 is 0 Å². The van der Waals surface area contributed by atoms with Gasteiger partial charge in [-0.1, -0.05) is 105 Å². The van der Waals surface area contributed by atoms with Crippen molar-refractivity contribution in [3.05, 3.63) is 108 Å². The van der Waals surface area contributed by atoms with Gasteiger partial charge in [-0.3, -0.25) is 0 Å². The van der Waals surface area contributed by atoms with Crippen LogP contribution in [0.15, 0.2) is 91.0 Å². The molecule has 3 aromatic rings. The maximum Gasteiger partial charge on any atom is 0.115 e. The van der Waals surface area contributed by atoms with Crippen molar-refractivity contribution in [2.45, 2.75) is 70.3 Å². The highest BCUT2D eigenvalue weighted by molar-refractivity contribution is 5.15. The lowest BCUT2D eigenvalue weighted by Crippen LogP contribution is -2.63. The Bertz CT molecular complexity index is 1030. The smallest absolute Gasteiger partial charge is 0.115 e. The molecule has 0 spiro atoms. The first kappa shape index (κ1) is 27.5. The molecule has 0 amide bonds. The molecule has 6 atom stereocenters. The van der Waals surface area contributed by atoms with E-state index in [1.54, 1.807) is 0 Å². The van der Waals surface area contributed by atoms with Gasteiger partial charge in [0.25, 0.3) is 0 Å². The third-order valence-electron chi connectivity index (χ3n) is 6.68. The number of aliphatic hydroxyl groups is 2. The van der Waals surface area contributed by atoms with Crippen LogP contribution in [-0.2, 0) is 38.8 Å². The van der Waals surface area contributed by atoms with Crippen LogP contribution in [0.5, 0.6) is 0 Å². The van der Waals surface area contributed by atoms with Crippen LogP contribution in [0.25, 0.3) is 0 Å². The van der Waals surface area contributed by atoms with Crippen LogP contribution in [0, 0.1) is 5.92 Å². The van der Waals surface area contributed by atoms with Crippen molar-refractivity contribution in [2.75, 3.05) is 6.61 Å². The molecular weight excluding hydrogens is 468 g/mol. The minimum atomic E-state index is -1.08. The number of ether oxygens (including phenoxy) is 4.